The summed E-state index contributed by atoms with van der Waals surface area (Å²) in [4.78, 5) is 15.4. The highest BCUT2D eigenvalue weighted by Gasteiger charge is 1.98. The molecule has 0 saturated heterocycles. The zero-order valence-corrected chi connectivity index (χ0v) is 8.71. The van der Waals surface area contributed by atoms with Gasteiger partial charge >= 0.3 is 0 Å². The predicted octanol–water partition coefficient (Wildman–Crippen LogP) is 0.463. The van der Waals surface area contributed by atoms with E-state index >= 15 is 0 Å². The number of anilines is 1. The molecular weight excluding hydrogens is 204 g/mol. The highest BCUT2D eigenvalue weighted by molar-refractivity contribution is 5.23. The summed E-state index contributed by atoms with van der Waals surface area (Å²) < 4.78 is 1.37. The molecule has 0 atom stereocenters. The van der Waals surface area contributed by atoms with E-state index in [1.165, 1.54) is 16.8 Å². The molecule has 0 radical (unpaired) electrons. The molecule has 82 valence electrons. The molecule has 0 aliphatic heterocycles. The Labute approximate surface area is 92.6 Å². The van der Waals surface area contributed by atoms with Crippen molar-refractivity contribution in [3.05, 3.63) is 52.6 Å². The van der Waals surface area contributed by atoms with Crippen molar-refractivity contribution in [1.82, 2.24) is 14.8 Å². The lowest BCUT2D eigenvalue weighted by Crippen LogP contribution is -2.23. The molecule has 0 unspecified atom stereocenters. The highest BCUT2D eigenvalue weighted by atomic mass is 16.1. The number of nitrogens with zero attached hydrogens (tertiary/aromatic N) is 3. The van der Waals surface area contributed by atoms with E-state index in [1.807, 2.05) is 12.1 Å². The van der Waals surface area contributed by atoms with Crippen LogP contribution in [-0.4, -0.2) is 14.8 Å². The zero-order valence-electron chi connectivity index (χ0n) is 8.71. The van der Waals surface area contributed by atoms with Gasteiger partial charge in [0.2, 0.25) is 0 Å². The summed E-state index contributed by atoms with van der Waals surface area (Å²) in [7, 11) is 0. The molecule has 2 rings (SSSR count). The molecule has 2 N–H and O–H groups in total. The number of pyridine rings is 1. The van der Waals surface area contributed by atoms with Crippen LogP contribution < -0.4 is 11.3 Å². The molecule has 0 aliphatic carbocycles. The number of nitrogens with two attached hydrogens (primary N) is 1. The van der Waals surface area contributed by atoms with Crippen LogP contribution in [0.15, 0.2) is 41.5 Å². The van der Waals surface area contributed by atoms with Crippen LogP contribution in [0.4, 0.5) is 5.82 Å². The topological polar surface area (TPSA) is 73.8 Å². The Morgan fingerprint density at radius 2 is 1.94 bits per heavy atom. The van der Waals surface area contributed by atoms with Gasteiger partial charge in [-0.3, -0.25) is 9.78 Å². The minimum Gasteiger partial charge on any atom is -0.382 e. The van der Waals surface area contributed by atoms with Gasteiger partial charge in [-0.25, -0.2) is 4.68 Å². The Morgan fingerprint density at radius 1 is 1.19 bits per heavy atom. The Morgan fingerprint density at radius 3 is 2.69 bits per heavy atom. The molecule has 2 aromatic heterocycles. The first-order chi connectivity index (χ1) is 7.75. The molecule has 5 heteroatoms. The quantitative estimate of drug-likeness (QED) is 0.809. The summed E-state index contributed by atoms with van der Waals surface area (Å²) >= 11 is 0. The lowest BCUT2D eigenvalue weighted by atomic mass is 10.2. The first-order valence-corrected chi connectivity index (χ1v) is 4.98. The monoisotopic (exact) mass is 216 g/mol. The van der Waals surface area contributed by atoms with Gasteiger partial charge in [0.25, 0.3) is 5.56 Å². The van der Waals surface area contributed by atoms with E-state index in [0.29, 0.717) is 12.4 Å². The normalized spacial score (nSPS) is 10.2. The van der Waals surface area contributed by atoms with E-state index in [4.69, 9.17) is 5.73 Å². The van der Waals surface area contributed by atoms with Gasteiger partial charge in [0.15, 0.2) is 0 Å². The van der Waals surface area contributed by atoms with E-state index in [0.717, 1.165) is 12.0 Å². The Kier molecular flexibility index (Phi) is 2.95. The lowest BCUT2D eigenvalue weighted by molar-refractivity contribution is 0.582. The lowest BCUT2D eigenvalue weighted by Gasteiger charge is -2.04. The maximum Gasteiger partial charge on any atom is 0.266 e. The SMILES string of the molecule is Nc1ccc(=O)n(CCc2ccncc2)n1. The maximum atomic E-state index is 11.4. The van der Waals surface area contributed by atoms with Gasteiger partial charge in [-0.15, -0.1) is 0 Å². The van der Waals surface area contributed by atoms with Crippen LogP contribution >= 0.6 is 0 Å². The second-order valence-electron chi connectivity index (χ2n) is 3.43. The average Bonchev–Trinajstić information content (AvgIpc) is 2.32. The van der Waals surface area contributed by atoms with E-state index in [1.54, 1.807) is 12.4 Å². The van der Waals surface area contributed by atoms with Crippen molar-refractivity contribution in [2.24, 2.45) is 0 Å². The van der Waals surface area contributed by atoms with Gasteiger partial charge in [-0.1, -0.05) is 0 Å². The van der Waals surface area contributed by atoms with Crippen molar-refractivity contribution in [2.45, 2.75) is 13.0 Å². The Hall–Kier alpha value is -2.17. The molecule has 0 aromatic carbocycles. The first kappa shape index (κ1) is 10.4. The average molecular weight is 216 g/mol. The number of nitrogen functional groups attached to an aromatic ring is 1. The van der Waals surface area contributed by atoms with Gasteiger partial charge in [-0.05, 0) is 30.2 Å². The van der Waals surface area contributed by atoms with Crippen LogP contribution in [0.5, 0.6) is 0 Å². The third-order valence-corrected chi connectivity index (χ3v) is 2.25. The number of hydrogen-bond acceptors (Lipinski definition) is 4. The van der Waals surface area contributed by atoms with Crippen LogP contribution in [-0.2, 0) is 13.0 Å². The third kappa shape index (κ3) is 2.44. The van der Waals surface area contributed by atoms with E-state index < -0.39 is 0 Å². The van der Waals surface area contributed by atoms with Crippen LogP contribution in [0, 0.1) is 0 Å². The fraction of sp³-hybridized carbons (Fsp3) is 0.182. The van der Waals surface area contributed by atoms with Gasteiger partial charge in [0.05, 0.1) is 0 Å². The van der Waals surface area contributed by atoms with Gasteiger partial charge in [-0.2, -0.15) is 5.10 Å². The minimum absolute atomic E-state index is 0.136. The van der Waals surface area contributed by atoms with E-state index in [9.17, 15) is 4.79 Å². The zero-order chi connectivity index (χ0) is 11.4. The summed E-state index contributed by atoms with van der Waals surface area (Å²) in [6.45, 7) is 0.522. The summed E-state index contributed by atoms with van der Waals surface area (Å²) in [6.07, 6.45) is 4.19. The molecule has 0 bridgehead atoms. The van der Waals surface area contributed by atoms with Crippen molar-refractivity contribution in [3.63, 3.8) is 0 Å². The largest absolute Gasteiger partial charge is 0.382 e. The summed E-state index contributed by atoms with van der Waals surface area (Å²) in [5, 5.41) is 3.95. The minimum atomic E-state index is -0.136. The number of aryl methyl sites for hydroxylation is 2. The third-order valence-electron chi connectivity index (χ3n) is 2.25. The molecule has 16 heavy (non-hydrogen) atoms. The highest BCUT2D eigenvalue weighted by Crippen LogP contribution is 1.99. The molecule has 0 amide bonds. The van der Waals surface area contributed by atoms with Crippen LogP contribution in [0.2, 0.25) is 0 Å². The molecule has 0 spiro atoms. The Bertz CT molecular complexity index is 521. The van der Waals surface area contributed by atoms with E-state index in [2.05, 4.69) is 10.1 Å². The van der Waals surface area contributed by atoms with Crippen LogP contribution in [0.3, 0.4) is 0 Å². The second-order valence-corrected chi connectivity index (χ2v) is 3.43. The fourth-order valence-electron chi connectivity index (χ4n) is 1.41. The smallest absolute Gasteiger partial charge is 0.266 e. The van der Waals surface area contributed by atoms with Gasteiger partial charge < -0.3 is 5.73 Å². The van der Waals surface area contributed by atoms with Crippen molar-refractivity contribution >= 4 is 5.82 Å². The summed E-state index contributed by atoms with van der Waals surface area (Å²) in [5.41, 5.74) is 6.50. The van der Waals surface area contributed by atoms with Gasteiger partial charge in [0.1, 0.15) is 5.82 Å². The van der Waals surface area contributed by atoms with Crippen molar-refractivity contribution in [2.75, 3.05) is 5.73 Å². The molecule has 0 aliphatic rings. The number of hydrogen-bond donors (Lipinski definition) is 1. The molecule has 5 nitrogen and oxygen atoms in total. The first-order valence-electron chi connectivity index (χ1n) is 4.98. The molecule has 0 fully saturated rings. The molecule has 0 saturated carbocycles. The second kappa shape index (κ2) is 4.57. The molecular formula is C11H12N4O. The van der Waals surface area contributed by atoms with Crippen LogP contribution in [0.25, 0.3) is 0 Å². The van der Waals surface area contributed by atoms with Crippen molar-refractivity contribution in [1.29, 1.82) is 0 Å². The molecule has 2 aromatic rings. The number of rotatable bonds is 3. The van der Waals surface area contributed by atoms with E-state index in [-0.39, 0.29) is 5.56 Å². The fourth-order valence-corrected chi connectivity index (χ4v) is 1.41. The molecule has 2 heterocycles. The predicted molar refractivity (Wildman–Crippen MR) is 60.9 cm³/mol. The van der Waals surface area contributed by atoms with Gasteiger partial charge in [0, 0.05) is 25.0 Å². The van der Waals surface area contributed by atoms with Crippen molar-refractivity contribution < 1.29 is 0 Å². The van der Waals surface area contributed by atoms with Crippen molar-refractivity contribution in [3.8, 4) is 0 Å². The standard InChI is InChI=1S/C11H12N4O/c12-10-1-2-11(16)15(14-10)8-5-9-3-6-13-7-4-9/h1-4,6-7H,5,8H2,(H2,12,14). The number of aromatic nitrogens is 3. The Balaban J connectivity index is 2.11. The van der Waals surface area contributed by atoms with Crippen LogP contribution in [0.1, 0.15) is 5.56 Å². The summed E-state index contributed by atoms with van der Waals surface area (Å²) in [6, 6.07) is 6.76. The summed E-state index contributed by atoms with van der Waals surface area (Å²) in [5.74, 6) is 0.356. The maximum absolute atomic E-state index is 11.4.